The van der Waals surface area contributed by atoms with Crippen molar-refractivity contribution in [3.8, 4) is 0 Å². The number of hydrogen-bond acceptors (Lipinski definition) is 3. The van der Waals surface area contributed by atoms with Gasteiger partial charge in [0.2, 0.25) is 5.91 Å². The fourth-order valence-corrected chi connectivity index (χ4v) is 3.67. The van der Waals surface area contributed by atoms with Crippen molar-refractivity contribution in [1.29, 1.82) is 0 Å². The van der Waals surface area contributed by atoms with E-state index in [-0.39, 0.29) is 11.2 Å². The standard InChI is InChI=1S/C18H28N2OS/c1-4-5-12-22-15(3)18(21)19-16-6-8-17(9-7-16)20-11-10-14(2)13-20/h6-9,14-15H,4-5,10-13H2,1-3H3,(H,19,21). The molecule has 2 unspecified atom stereocenters. The first-order valence-corrected chi connectivity index (χ1v) is 9.42. The van der Waals surface area contributed by atoms with E-state index in [9.17, 15) is 4.79 Å². The Balaban J connectivity index is 1.84. The van der Waals surface area contributed by atoms with Crippen molar-refractivity contribution >= 4 is 29.0 Å². The van der Waals surface area contributed by atoms with Crippen LogP contribution in [0.4, 0.5) is 11.4 Å². The molecule has 4 heteroatoms. The molecule has 0 aliphatic carbocycles. The molecule has 1 heterocycles. The van der Waals surface area contributed by atoms with Gasteiger partial charge in [-0.05, 0) is 55.7 Å². The fraction of sp³-hybridized carbons (Fsp3) is 0.611. The van der Waals surface area contributed by atoms with Crippen LogP contribution in [0.15, 0.2) is 24.3 Å². The van der Waals surface area contributed by atoms with Crippen molar-refractivity contribution in [2.45, 2.75) is 45.3 Å². The molecule has 0 spiro atoms. The highest BCUT2D eigenvalue weighted by Gasteiger charge is 2.19. The van der Waals surface area contributed by atoms with Gasteiger partial charge in [-0.1, -0.05) is 20.3 Å². The molecule has 0 saturated carbocycles. The zero-order valence-corrected chi connectivity index (χ0v) is 14.8. The topological polar surface area (TPSA) is 32.3 Å². The Bertz CT molecular complexity index is 474. The van der Waals surface area contributed by atoms with Gasteiger partial charge >= 0.3 is 0 Å². The highest BCUT2D eigenvalue weighted by Crippen LogP contribution is 2.25. The summed E-state index contributed by atoms with van der Waals surface area (Å²) in [6.07, 6.45) is 3.62. The minimum Gasteiger partial charge on any atom is -0.371 e. The summed E-state index contributed by atoms with van der Waals surface area (Å²) in [6, 6.07) is 8.25. The summed E-state index contributed by atoms with van der Waals surface area (Å²) < 4.78 is 0. The van der Waals surface area contributed by atoms with Crippen LogP contribution in [0.2, 0.25) is 0 Å². The van der Waals surface area contributed by atoms with E-state index in [0.29, 0.717) is 0 Å². The van der Waals surface area contributed by atoms with Gasteiger partial charge in [-0.2, -0.15) is 0 Å². The molecule has 1 aliphatic rings. The smallest absolute Gasteiger partial charge is 0.237 e. The van der Waals surface area contributed by atoms with E-state index < -0.39 is 0 Å². The van der Waals surface area contributed by atoms with E-state index in [0.717, 1.165) is 30.4 Å². The zero-order valence-electron chi connectivity index (χ0n) is 14.0. The van der Waals surface area contributed by atoms with Gasteiger partial charge in [0.1, 0.15) is 0 Å². The monoisotopic (exact) mass is 320 g/mol. The van der Waals surface area contributed by atoms with E-state index in [1.807, 2.05) is 19.1 Å². The van der Waals surface area contributed by atoms with Crippen molar-refractivity contribution < 1.29 is 4.79 Å². The molecular weight excluding hydrogens is 292 g/mol. The summed E-state index contributed by atoms with van der Waals surface area (Å²) in [5, 5.41) is 3.02. The van der Waals surface area contributed by atoms with E-state index in [1.54, 1.807) is 11.8 Å². The molecule has 3 nitrogen and oxygen atoms in total. The molecule has 1 N–H and O–H groups in total. The predicted octanol–water partition coefficient (Wildman–Crippen LogP) is 4.39. The van der Waals surface area contributed by atoms with E-state index in [2.05, 4.69) is 36.2 Å². The Kier molecular flexibility index (Phi) is 6.62. The average molecular weight is 321 g/mol. The number of carbonyl (C=O) groups excluding carboxylic acids is 1. The second-order valence-corrected chi connectivity index (χ2v) is 7.69. The average Bonchev–Trinajstić information content (AvgIpc) is 2.94. The lowest BCUT2D eigenvalue weighted by Crippen LogP contribution is -2.23. The first-order valence-electron chi connectivity index (χ1n) is 8.37. The first kappa shape index (κ1) is 17.2. The predicted molar refractivity (Wildman–Crippen MR) is 97.9 cm³/mol. The van der Waals surface area contributed by atoms with E-state index in [1.165, 1.54) is 24.9 Å². The maximum atomic E-state index is 12.1. The number of benzene rings is 1. The highest BCUT2D eigenvalue weighted by atomic mass is 32.2. The number of nitrogens with zero attached hydrogens (tertiary/aromatic N) is 1. The molecular formula is C18H28N2OS. The molecule has 0 radical (unpaired) electrons. The fourth-order valence-electron chi connectivity index (χ4n) is 2.65. The van der Waals surface area contributed by atoms with Crippen molar-refractivity contribution in [2.24, 2.45) is 5.92 Å². The molecule has 1 aromatic rings. The molecule has 1 amide bonds. The van der Waals surface area contributed by atoms with Crippen molar-refractivity contribution in [3.63, 3.8) is 0 Å². The van der Waals surface area contributed by atoms with Crippen LogP contribution in [0.25, 0.3) is 0 Å². The van der Waals surface area contributed by atoms with Crippen LogP contribution in [0.5, 0.6) is 0 Å². The zero-order chi connectivity index (χ0) is 15.9. The number of hydrogen-bond donors (Lipinski definition) is 1. The summed E-state index contributed by atoms with van der Waals surface area (Å²) in [7, 11) is 0. The third kappa shape index (κ3) is 4.94. The van der Waals surface area contributed by atoms with Crippen LogP contribution in [-0.4, -0.2) is 30.0 Å². The Hall–Kier alpha value is -1.16. The Morgan fingerprint density at radius 1 is 1.41 bits per heavy atom. The minimum atomic E-state index is 0.00524. The van der Waals surface area contributed by atoms with Crippen molar-refractivity contribution in [1.82, 2.24) is 0 Å². The number of unbranched alkanes of at least 4 members (excludes halogenated alkanes) is 1. The molecule has 0 aromatic heterocycles. The van der Waals surface area contributed by atoms with Gasteiger partial charge in [-0.15, -0.1) is 11.8 Å². The van der Waals surface area contributed by atoms with Gasteiger partial charge in [0.25, 0.3) is 0 Å². The van der Waals surface area contributed by atoms with Crippen LogP contribution >= 0.6 is 11.8 Å². The lowest BCUT2D eigenvalue weighted by molar-refractivity contribution is -0.115. The number of anilines is 2. The SMILES string of the molecule is CCCCSC(C)C(=O)Nc1ccc(N2CCC(C)C2)cc1. The van der Waals surface area contributed by atoms with Crippen LogP contribution in [0.1, 0.15) is 40.0 Å². The molecule has 2 rings (SSSR count). The summed E-state index contributed by atoms with van der Waals surface area (Å²) >= 11 is 1.73. The maximum absolute atomic E-state index is 12.1. The van der Waals surface area contributed by atoms with Gasteiger partial charge in [0.05, 0.1) is 5.25 Å². The maximum Gasteiger partial charge on any atom is 0.237 e. The van der Waals surface area contributed by atoms with E-state index in [4.69, 9.17) is 0 Å². The van der Waals surface area contributed by atoms with Gasteiger partial charge < -0.3 is 10.2 Å². The van der Waals surface area contributed by atoms with Crippen LogP contribution in [0.3, 0.4) is 0 Å². The second-order valence-electron chi connectivity index (χ2n) is 6.24. The van der Waals surface area contributed by atoms with Crippen molar-refractivity contribution in [2.75, 3.05) is 29.1 Å². The third-order valence-corrected chi connectivity index (χ3v) is 5.40. The summed E-state index contributed by atoms with van der Waals surface area (Å²) in [5.41, 5.74) is 2.15. The number of nitrogens with one attached hydrogen (secondary N) is 1. The largest absolute Gasteiger partial charge is 0.371 e. The normalized spacial score (nSPS) is 19.2. The number of carbonyl (C=O) groups is 1. The van der Waals surface area contributed by atoms with Gasteiger partial charge in [0.15, 0.2) is 0 Å². The third-order valence-electron chi connectivity index (χ3n) is 4.16. The van der Waals surface area contributed by atoms with Crippen molar-refractivity contribution in [3.05, 3.63) is 24.3 Å². The van der Waals surface area contributed by atoms with Gasteiger partial charge in [-0.25, -0.2) is 0 Å². The van der Waals surface area contributed by atoms with E-state index >= 15 is 0 Å². The Morgan fingerprint density at radius 2 is 2.14 bits per heavy atom. The van der Waals surface area contributed by atoms with Crippen LogP contribution < -0.4 is 10.2 Å². The molecule has 22 heavy (non-hydrogen) atoms. The highest BCUT2D eigenvalue weighted by molar-refractivity contribution is 8.00. The molecule has 1 aromatic carbocycles. The quantitative estimate of drug-likeness (QED) is 0.756. The lowest BCUT2D eigenvalue weighted by atomic mass is 10.2. The number of rotatable bonds is 7. The molecule has 0 bridgehead atoms. The molecule has 1 fully saturated rings. The molecule has 2 atom stereocenters. The number of amides is 1. The first-order chi connectivity index (χ1) is 10.6. The van der Waals surface area contributed by atoms with Gasteiger partial charge in [0, 0.05) is 24.5 Å². The summed E-state index contributed by atoms with van der Waals surface area (Å²) in [5.74, 6) is 1.93. The lowest BCUT2D eigenvalue weighted by Gasteiger charge is -2.19. The second kappa shape index (κ2) is 8.47. The molecule has 1 saturated heterocycles. The Labute approximate surface area is 138 Å². The Morgan fingerprint density at radius 3 is 2.73 bits per heavy atom. The van der Waals surface area contributed by atoms with Crippen LogP contribution in [0, 0.1) is 5.92 Å². The molecule has 1 aliphatic heterocycles. The van der Waals surface area contributed by atoms with Gasteiger partial charge in [-0.3, -0.25) is 4.79 Å². The summed E-state index contributed by atoms with van der Waals surface area (Å²) in [6.45, 7) is 8.73. The molecule has 122 valence electrons. The van der Waals surface area contributed by atoms with Crippen LogP contribution in [-0.2, 0) is 4.79 Å². The summed E-state index contributed by atoms with van der Waals surface area (Å²) in [4.78, 5) is 14.6. The minimum absolute atomic E-state index is 0.00524. The number of thioether (sulfide) groups is 1.